The van der Waals surface area contributed by atoms with Gasteiger partial charge in [-0.2, -0.15) is 0 Å². The zero-order chi connectivity index (χ0) is 14.3. The van der Waals surface area contributed by atoms with Crippen LogP contribution in [0, 0.1) is 13.8 Å². The molecule has 1 heterocycles. The van der Waals surface area contributed by atoms with Crippen LogP contribution in [0.5, 0.6) is 5.75 Å². The minimum Gasteiger partial charge on any atom is -0.494 e. The van der Waals surface area contributed by atoms with E-state index in [4.69, 9.17) is 4.74 Å². The fourth-order valence-corrected chi connectivity index (χ4v) is 4.00. The van der Waals surface area contributed by atoms with Gasteiger partial charge in [-0.1, -0.05) is 12.1 Å². The molecule has 2 aromatic carbocycles. The minimum atomic E-state index is 0.0964. The molecule has 0 aliphatic rings. The Labute approximate surface area is 122 Å². The minimum absolute atomic E-state index is 0.0964. The molecule has 104 valence electrons. The average molecular weight is 286 g/mol. The van der Waals surface area contributed by atoms with Crippen LogP contribution in [0.4, 0.5) is 0 Å². The van der Waals surface area contributed by atoms with Crippen molar-refractivity contribution in [3.05, 3.63) is 41.0 Å². The first-order chi connectivity index (χ1) is 9.67. The molecule has 0 aliphatic carbocycles. The van der Waals surface area contributed by atoms with Gasteiger partial charge >= 0.3 is 0 Å². The number of aliphatic hydroxyl groups excluding tert-OH is 1. The zero-order valence-electron chi connectivity index (χ0n) is 12.0. The van der Waals surface area contributed by atoms with E-state index in [9.17, 15) is 5.11 Å². The standard InChI is InChI=1S/C17H18O2S/c1-4-19-15-8-7-14-13-6-5-12(9-18)10(2)16(13)20-17(14)11(15)3/h5-8,18H,4,9H2,1-3H3. The Morgan fingerprint density at radius 1 is 1.00 bits per heavy atom. The second-order valence-corrected chi connectivity index (χ2v) is 6.01. The molecule has 1 aromatic heterocycles. The molecular weight excluding hydrogens is 268 g/mol. The number of hydrogen-bond acceptors (Lipinski definition) is 3. The van der Waals surface area contributed by atoms with E-state index in [0.717, 1.165) is 11.3 Å². The molecule has 0 bridgehead atoms. The van der Waals surface area contributed by atoms with Crippen molar-refractivity contribution >= 4 is 31.5 Å². The van der Waals surface area contributed by atoms with Crippen LogP contribution >= 0.6 is 11.3 Å². The molecule has 0 aliphatic heterocycles. The fraction of sp³-hybridized carbons (Fsp3) is 0.294. The van der Waals surface area contributed by atoms with Gasteiger partial charge in [-0.05, 0) is 44.0 Å². The maximum absolute atomic E-state index is 9.41. The summed E-state index contributed by atoms with van der Waals surface area (Å²) in [5.41, 5.74) is 3.39. The summed E-state index contributed by atoms with van der Waals surface area (Å²) in [5, 5.41) is 12.0. The molecule has 2 nitrogen and oxygen atoms in total. The van der Waals surface area contributed by atoms with Crippen molar-refractivity contribution in [3.63, 3.8) is 0 Å². The van der Waals surface area contributed by atoms with E-state index in [-0.39, 0.29) is 6.61 Å². The summed E-state index contributed by atoms with van der Waals surface area (Å²) < 4.78 is 8.23. The number of aryl methyl sites for hydroxylation is 2. The molecule has 3 rings (SSSR count). The molecule has 0 amide bonds. The molecule has 1 N–H and O–H groups in total. The highest BCUT2D eigenvalue weighted by atomic mass is 32.1. The molecule has 0 fully saturated rings. The molecule has 3 heteroatoms. The highest BCUT2D eigenvalue weighted by molar-refractivity contribution is 7.26. The Kier molecular flexibility index (Phi) is 3.40. The number of fused-ring (bicyclic) bond motifs is 3. The lowest BCUT2D eigenvalue weighted by molar-refractivity contribution is 0.281. The van der Waals surface area contributed by atoms with Crippen LogP contribution in [0.25, 0.3) is 20.2 Å². The van der Waals surface area contributed by atoms with Gasteiger partial charge in [-0.3, -0.25) is 0 Å². The van der Waals surface area contributed by atoms with Crippen LogP contribution in [0.2, 0.25) is 0 Å². The molecule has 20 heavy (non-hydrogen) atoms. The van der Waals surface area contributed by atoms with Crippen molar-refractivity contribution in [2.24, 2.45) is 0 Å². The van der Waals surface area contributed by atoms with Crippen LogP contribution in [0.3, 0.4) is 0 Å². The predicted octanol–water partition coefficient (Wildman–Crippen LogP) is 4.56. The van der Waals surface area contributed by atoms with Crippen molar-refractivity contribution in [1.82, 2.24) is 0 Å². The van der Waals surface area contributed by atoms with E-state index < -0.39 is 0 Å². The lowest BCUT2D eigenvalue weighted by atomic mass is 10.0. The SMILES string of the molecule is CCOc1ccc2c(sc3c(C)c(CO)ccc32)c1C. The summed E-state index contributed by atoms with van der Waals surface area (Å²) in [4.78, 5) is 0. The maximum atomic E-state index is 9.41. The van der Waals surface area contributed by atoms with Crippen LogP contribution in [-0.2, 0) is 6.61 Å². The van der Waals surface area contributed by atoms with Crippen molar-refractivity contribution in [1.29, 1.82) is 0 Å². The van der Waals surface area contributed by atoms with Gasteiger partial charge in [0, 0.05) is 25.7 Å². The summed E-state index contributed by atoms with van der Waals surface area (Å²) >= 11 is 1.79. The Balaban J connectivity index is 2.35. The first kappa shape index (κ1) is 13.4. The smallest absolute Gasteiger partial charge is 0.123 e. The van der Waals surface area contributed by atoms with E-state index in [1.165, 1.54) is 31.3 Å². The average Bonchev–Trinajstić information content (AvgIpc) is 2.83. The van der Waals surface area contributed by atoms with E-state index >= 15 is 0 Å². The van der Waals surface area contributed by atoms with Gasteiger partial charge in [0.25, 0.3) is 0 Å². The van der Waals surface area contributed by atoms with Crippen molar-refractivity contribution < 1.29 is 9.84 Å². The van der Waals surface area contributed by atoms with E-state index in [0.29, 0.717) is 6.61 Å². The highest BCUT2D eigenvalue weighted by Gasteiger charge is 2.13. The highest BCUT2D eigenvalue weighted by Crippen LogP contribution is 2.41. The Bertz CT molecular complexity index is 787. The molecule has 3 aromatic rings. The zero-order valence-corrected chi connectivity index (χ0v) is 12.8. The lowest BCUT2D eigenvalue weighted by Gasteiger charge is -2.07. The summed E-state index contributed by atoms with van der Waals surface area (Å²) in [7, 11) is 0. The normalized spacial score (nSPS) is 11.4. The van der Waals surface area contributed by atoms with Gasteiger partial charge < -0.3 is 9.84 Å². The number of aliphatic hydroxyl groups is 1. The Morgan fingerprint density at radius 2 is 1.65 bits per heavy atom. The molecule has 0 radical (unpaired) electrons. The van der Waals surface area contributed by atoms with Crippen LogP contribution in [0.1, 0.15) is 23.6 Å². The third kappa shape index (κ3) is 1.89. The molecule has 0 saturated heterocycles. The summed E-state index contributed by atoms with van der Waals surface area (Å²) in [5.74, 6) is 0.964. The number of hydrogen-bond donors (Lipinski definition) is 1. The van der Waals surface area contributed by atoms with Crippen LogP contribution < -0.4 is 4.74 Å². The topological polar surface area (TPSA) is 29.5 Å². The van der Waals surface area contributed by atoms with E-state index in [1.807, 2.05) is 13.0 Å². The van der Waals surface area contributed by atoms with Crippen LogP contribution in [0.15, 0.2) is 24.3 Å². The van der Waals surface area contributed by atoms with Gasteiger partial charge in [0.05, 0.1) is 13.2 Å². The monoisotopic (exact) mass is 286 g/mol. The molecule has 0 spiro atoms. The van der Waals surface area contributed by atoms with Gasteiger partial charge in [0.15, 0.2) is 0 Å². The first-order valence-electron chi connectivity index (χ1n) is 6.85. The first-order valence-corrected chi connectivity index (χ1v) is 7.67. The van der Waals surface area contributed by atoms with E-state index in [2.05, 4.69) is 32.0 Å². The second kappa shape index (κ2) is 5.08. The van der Waals surface area contributed by atoms with Gasteiger partial charge in [-0.25, -0.2) is 0 Å². The molecule has 0 unspecified atom stereocenters. The maximum Gasteiger partial charge on any atom is 0.123 e. The summed E-state index contributed by atoms with van der Waals surface area (Å²) in [6.45, 7) is 6.99. The lowest BCUT2D eigenvalue weighted by Crippen LogP contribution is -1.93. The predicted molar refractivity (Wildman–Crippen MR) is 85.9 cm³/mol. The molecular formula is C17H18O2S. The van der Waals surface area contributed by atoms with Gasteiger partial charge in [0.2, 0.25) is 0 Å². The van der Waals surface area contributed by atoms with Gasteiger partial charge in [-0.15, -0.1) is 11.3 Å². The van der Waals surface area contributed by atoms with Crippen molar-refractivity contribution in [2.75, 3.05) is 6.61 Å². The third-order valence-electron chi connectivity index (χ3n) is 3.84. The van der Waals surface area contributed by atoms with Gasteiger partial charge in [0.1, 0.15) is 5.75 Å². The Morgan fingerprint density at radius 3 is 2.30 bits per heavy atom. The largest absolute Gasteiger partial charge is 0.494 e. The molecule has 0 atom stereocenters. The molecule has 0 saturated carbocycles. The summed E-state index contributed by atoms with van der Waals surface area (Å²) in [6.07, 6.45) is 0. The number of rotatable bonds is 3. The van der Waals surface area contributed by atoms with Crippen molar-refractivity contribution in [2.45, 2.75) is 27.4 Å². The number of ether oxygens (including phenoxy) is 1. The fourth-order valence-electron chi connectivity index (χ4n) is 2.68. The number of benzene rings is 2. The van der Waals surface area contributed by atoms with E-state index in [1.54, 1.807) is 11.3 Å². The van der Waals surface area contributed by atoms with Crippen LogP contribution in [-0.4, -0.2) is 11.7 Å². The van der Waals surface area contributed by atoms with Crippen molar-refractivity contribution in [3.8, 4) is 5.75 Å². The summed E-state index contributed by atoms with van der Waals surface area (Å²) in [6, 6.07) is 8.34. The second-order valence-electron chi connectivity index (χ2n) is 4.98. The third-order valence-corrected chi connectivity index (χ3v) is 5.30. The quantitative estimate of drug-likeness (QED) is 0.764. The number of thiophene rings is 1. The Hall–Kier alpha value is -1.58.